The van der Waals surface area contributed by atoms with Crippen LogP contribution in [0.3, 0.4) is 0 Å². The molecule has 0 atom stereocenters. The number of ether oxygens (including phenoxy) is 2. The van der Waals surface area contributed by atoms with Crippen LogP contribution in [0.4, 0.5) is 0 Å². The molecule has 0 radical (unpaired) electrons. The Kier molecular flexibility index (Phi) is 6.82. The van der Waals surface area contributed by atoms with Gasteiger partial charge in [0.2, 0.25) is 0 Å². The molecular formula is C8H10Br2O4. The molecule has 0 aromatic rings. The SMILES string of the molecule is CCOC(=O)/C(Br)=C(/Br)C(=O)OCC. The van der Waals surface area contributed by atoms with Crippen LogP contribution in [0.1, 0.15) is 13.8 Å². The van der Waals surface area contributed by atoms with E-state index in [1.807, 2.05) is 0 Å². The van der Waals surface area contributed by atoms with Crippen LogP contribution < -0.4 is 0 Å². The van der Waals surface area contributed by atoms with Crippen molar-refractivity contribution in [3.63, 3.8) is 0 Å². The minimum absolute atomic E-state index is 0.0257. The van der Waals surface area contributed by atoms with E-state index < -0.39 is 11.9 Å². The highest BCUT2D eigenvalue weighted by Gasteiger charge is 2.18. The maximum Gasteiger partial charge on any atom is 0.346 e. The summed E-state index contributed by atoms with van der Waals surface area (Å²) in [6, 6.07) is 0. The van der Waals surface area contributed by atoms with Gasteiger partial charge in [-0.15, -0.1) is 0 Å². The summed E-state index contributed by atoms with van der Waals surface area (Å²) in [6.07, 6.45) is 0. The lowest BCUT2D eigenvalue weighted by Crippen LogP contribution is -2.10. The van der Waals surface area contributed by atoms with Crippen LogP contribution in [0, 0.1) is 0 Å². The van der Waals surface area contributed by atoms with E-state index in [9.17, 15) is 9.59 Å². The van der Waals surface area contributed by atoms with Gasteiger partial charge in [-0.25, -0.2) is 9.59 Å². The van der Waals surface area contributed by atoms with Crippen LogP contribution in [0.25, 0.3) is 0 Å². The van der Waals surface area contributed by atoms with Crippen molar-refractivity contribution in [2.45, 2.75) is 13.8 Å². The van der Waals surface area contributed by atoms with Crippen molar-refractivity contribution >= 4 is 43.8 Å². The fourth-order valence-electron chi connectivity index (χ4n) is 0.568. The van der Waals surface area contributed by atoms with Crippen LogP contribution in [0.5, 0.6) is 0 Å². The zero-order chi connectivity index (χ0) is 11.1. The van der Waals surface area contributed by atoms with Crippen molar-refractivity contribution < 1.29 is 19.1 Å². The molecule has 0 aliphatic rings. The molecule has 14 heavy (non-hydrogen) atoms. The third kappa shape index (κ3) is 4.23. The molecule has 0 fully saturated rings. The van der Waals surface area contributed by atoms with Gasteiger partial charge in [-0.1, -0.05) is 0 Å². The Morgan fingerprint density at radius 3 is 1.43 bits per heavy atom. The topological polar surface area (TPSA) is 52.6 Å². The molecule has 0 aliphatic carbocycles. The largest absolute Gasteiger partial charge is 0.462 e. The molecule has 0 spiro atoms. The Labute approximate surface area is 98.9 Å². The molecule has 0 aromatic heterocycles. The van der Waals surface area contributed by atoms with E-state index in [0.717, 1.165) is 0 Å². The maximum absolute atomic E-state index is 11.1. The smallest absolute Gasteiger partial charge is 0.346 e. The fraction of sp³-hybridized carbons (Fsp3) is 0.500. The number of hydrogen-bond donors (Lipinski definition) is 0. The molecule has 0 heterocycles. The summed E-state index contributed by atoms with van der Waals surface area (Å²) in [5, 5.41) is 0. The fourth-order valence-corrected chi connectivity index (χ4v) is 1.12. The van der Waals surface area contributed by atoms with Crippen molar-refractivity contribution in [3.8, 4) is 0 Å². The van der Waals surface area contributed by atoms with Crippen LogP contribution in [-0.2, 0) is 19.1 Å². The van der Waals surface area contributed by atoms with Gasteiger partial charge < -0.3 is 9.47 Å². The zero-order valence-corrected chi connectivity index (χ0v) is 11.0. The molecule has 0 amide bonds. The zero-order valence-electron chi connectivity index (χ0n) is 7.80. The van der Waals surface area contributed by atoms with Gasteiger partial charge in [0.05, 0.1) is 13.2 Å². The molecular weight excluding hydrogens is 320 g/mol. The van der Waals surface area contributed by atoms with Crippen molar-refractivity contribution in [3.05, 3.63) is 8.96 Å². The molecule has 0 aliphatic heterocycles. The number of esters is 2. The number of halogens is 2. The summed E-state index contributed by atoms with van der Waals surface area (Å²) in [4.78, 5) is 22.3. The molecule has 0 bridgehead atoms. The van der Waals surface area contributed by atoms with Gasteiger partial charge in [0, 0.05) is 0 Å². The Morgan fingerprint density at radius 2 is 1.21 bits per heavy atom. The molecule has 80 valence electrons. The number of carbonyl (C=O) groups excluding carboxylic acids is 2. The van der Waals surface area contributed by atoms with E-state index in [0.29, 0.717) is 0 Å². The number of rotatable bonds is 4. The average Bonchev–Trinajstić information content (AvgIpc) is 2.16. The van der Waals surface area contributed by atoms with E-state index in [4.69, 9.17) is 0 Å². The number of hydrogen-bond acceptors (Lipinski definition) is 4. The molecule has 0 N–H and O–H groups in total. The van der Waals surface area contributed by atoms with Crippen LogP contribution in [0.15, 0.2) is 8.96 Å². The second-order valence-electron chi connectivity index (χ2n) is 2.07. The molecule has 0 rings (SSSR count). The molecule has 0 unspecified atom stereocenters. The normalized spacial score (nSPS) is 11.7. The van der Waals surface area contributed by atoms with Gasteiger partial charge in [-0.2, -0.15) is 0 Å². The van der Waals surface area contributed by atoms with E-state index in [-0.39, 0.29) is 22.2 Å². The highest BCUT2D eigenvalue weighted by atomic mass is 79.9. The third-order valence-corrected chi connectivity index (χ3v) is 3.07. The van der Waals surface area contributed by atoms with Crippen molar-refractivity contribution in [1.29, 1.82) is 0 Å². The first-order valence-corrected chi connectivity index (χ1v) is 5.52. The Bertz CT molecular complexity index is 234. The van der Waals surface area contributed by atoms with Gasteiger partial charge in [0.1, 0.15) is 8.96 Å². The molecule has 6 heteroatoms. The van der Waals surface area contributed by atoms with E-state index in [1.54, 1.807) is 13.8 Å². The minimum Gasteiger partial charge on any atom is -0.462 e. The second-order valence-corrected chi connectivity index (χ2v) is 3.65. The maximum atomic E-state index is 11.1. The van der Waals surface area contributed by atoms with Crippen molar-refractivity contribution in [2.24, 2.45) is 0 Å². The first-order valence-electron chi connectivity index (χ1n) is 3.94. The molecule has 0 saturated carbocycles. The average molecular weight is 330 g/mol. The minimum atomic E-state index is -0.604. The van der Waals surface area contributed by atoms with E-state index in [1.165, 1.54) is 0 Å². The highest BCUT2D eigenvalue weighted by Crippen LogP contribution is 2.20. The van der Waals surface area contributed by atoms with Gasteiger partial charge in [-0.05, 0) is 45.7 Å². The van der Waals surface area contributed by atoms with Gasteiger partial charge >= 0.3 is 11.9 Å². The van der Waals surface area contributed by atoms with Gasteiger partial charge in [-0.3, -0.25) is 0 Å². The Balaban J connectivity index is 4.57. The summed E-state index contributed by atoms with van der Waals surface area (Å²) in [5.74, 6) is -1.21. The summed E-state index contributed by atoms with van der Waals surface area (Å²) in [5.41, 5.74) is 0. The van der Waals surface area contributed by atoms with Crippen molar-refractivity contribution in [2.75, 3.05) is 13.2 Å². The molecule has 4 nitrogen and oxygen atoms in total. The summed E-state index contributed by atoms with van der Waals surface area (Å²) < 4.78 is 9.39. The predicted molar refractivity (Wildman–Crippen MR) is 58.1 cm³/mol. The third-order valence-electron chi connectivity index (χ3n) is 1.10. The first-order chi connectivity index (χ1) is 6.54. The quantitative estimate of drug-likeness (QED) is 0.585. The highest BCUT2D eigenvalue weighted by molar-refractivity contribution is 9.14. The van der Waals surface area contributed by atoms with Gasteiger partial charge in [0.25, 0.3) is 0 Å². The Morgan fingerprint density at radius 1 is 0.929 bits per heavy atom. The van der Waals surface area contributed by atoms with Crippen LogP contribution in [0.2, 0.25) is 0 Å². The van der Waals surface area contributed by atoms with E-state index in [2.05, 4.69) is 41.3 Å². The standard InChI is InChI=1S/C8H10Br2O4/c1-3-13-7(11)5(9)6(10)8(12)14-4-2/h3-4H2,1-2H3/b6-5-. The summed E-state index contributed by atoms with van der Waals surface area (Å²) in [7, 11) is 0. The van der Waals surface area contributed by atoms with E-state index >= 15 is 0 Å². The molecule has 0 aromatic carbocycles. The summed E-state index contributed by atoms with van der Waals surface area (Å²) >= 11 is 5.88. The second kappa shape index (κ2) is 7.00. The van der Waals surface area contributed by atoms with Gasteiger partial charge in [0.15, 0.2) is 0 Å². The monoisotopic (exact) mass is 328 g/mol. The lowest BCUT2D eigenvalue weighted by Gasteiger charge is -2.03. The van der Waals surface area contributed by atoms with Crippen LogP contribution >= 0.6 is 31.9 Å². The lowest BCUT2D eigenvalue weighted by molar-refractivity contribution is -0.140. The predicted octanol–water partition coefficient (Wildman–Crippen LogP) is 2.11. The lowest BCUT2D eigenvalue weighted by atomic mass is 10.5. The molecule has 0 saturated heterocycles. The summed E-state index contributed by atoms with van der Waals surface area (Å²) in [6.45, 7) is 3.85. The van der Waals surface area contributed by atoms with Crippen molar-refractivity contribution in [1.82, 2.24) is 0 Å². The number of carbonyl (C=O) groups is 2. The first kappa shape index (κ1) is 13.6. The Hall–Kier alpha value is -0.360. The van der Waals surface area contributed by atoms with Crippen LogP contribution in [-0.4, -0.2) is 25.2 Å².